The summed E-state index contributed by atoms with van der Waals surface area (Å²) in [7, 11) is 0. The molecule has 0 saturated carbocycles. The van der Waals surface area contributed by atoms with Crippen molar-refractivity contribution >= 4 is 11.6 Å². The third kappa shape index (κ3) is 2.10. The second-order valence-electron chi connectivity index (χ2n) is 2.14. The molecule has 0 saturated heterocycles. The average molecular weight is 207 g/mol. The lowest BCUT2D eigenvalue weighted by atomic mass is 10.3. The Labute approximate surface area is 76.6 Å². The van der Waals surface area contributed by atoms with Crippen LogP contribution in [0.1, 0.15) is 11.4 Å². The molecule has 13 heavy (non-hydrogen) atoms. The van der Waals surface area contributed by atoms with E-state index in [0.29, 0.717) is 0 Å². The van der Waals surface area contributed by atoms with Gasteiger partial charge in [0.2, 0.25) is 0 Å². The van der Waals surface area contributed by atoms with Crippen LogP contribution in [0.15, 0.2) is 12.1 Å². The molecule has 1 aromatic rings. The summed E-state index contributed by atoms with van der Waals surface area (Å²) in [4.78, 5) is 3.04. The largest absolute Gasteiger partial charge is 0.434 e. The van der Waals surface area contributed by atoms with Gasteiger partial charge in [0.25, 0.3) is 0 Å². The lowest BCUT2D eigenvalue weighted by Gasteiger charge is -2.06. The molecule has 0 N–H and O–H groups in total. The van der Waals surface area contributed by atoms with Gasteiger partial charge in [-0.05, 0) is 12.1 Å². The van der Waals surface area contributed by atoms with Crippen LogP contribution in [0.3, 0.4) is 0 Å². The van der Waals surface area contributed by atoms with Crippen molar-refractivity contribution in [3.63, 3.8) is 0 Å². The molecule has 0 bridgehead atoms. The maximum absolute atomic E-state index is 12.1. The first-order valence-electron chi connectivity index (χ1n) is 3.09. The van der Waals surface area contributed by atoms with E-state index >= 15 is 0 Å². The second-order valence-corrected chi connectivity index (χ2v) is 2.54. The Bertz CT molecular complexity index is 367. The molecule has 6 heteroatoms. The SMILES string of the molecule is N#Cc1ccc(Cl)c(C(F)(F)F)n1. The maximum Gasteiger partial charge on any atom is 0.434 e. The van der Waals surface area contributed by atoms with E-state index in [1.807, 2.05) is 0 Å². The molecule has 1 rings (SSSR count). The number of rotatable bonds is 0. The van der Waals surface area contributed by atoms with Crippen molar-refractivity contribution in [2.45, 2.75) is 6.18 Å². The zero-order chi connectivity index (χ0) is 10.1. The molecule has 68 valence electrons. The summed E-state index contributed by atoms with van der Waals surface area (Å²) in [6, 6.07) is 3.62. The molecule has 0 radical (unpaired) electrons. The predicted molar refractivity (Wildman–Crippen MR) is 39.0 cm³/mol. The summed E-state index contributed by atoms with van der Waals surface area (Å²) in [5.74, 6) is 0. The topological polar surface area (TPSA) is 36.7 Å². The first-order chi connectivity index (χ1) is 5.95. The number of pyridine rings is 1. The van der Waals surface area contributed by atoms with Crippen molar-refractivity contribution in [1.29, 1.82) is 5.26 Å². The van der Waals surface area contributed by atoms with E-state index in [1.54, 1.807) is 0 Å². The van der Waals surface area contributed by atoms with E-state index in [4.69, 9.17) is 16.9 Å². The normalized spacial score (nSPS) is 11.0. The maximum atomic E-state index is 12.1. The van der Waals surface area contributed by atoms with E-state index in [1.165, 1.54) is 6.07 Å². The second kappa shape index (κ2) is 3.23. The van der Waals surface area contributed by atoms with Crippen LogP contribution < -0.4 is 0 Å². The van der Waals surface area contributed by atoms with Crippen LogP contribution in [0, 0.1) is 11.3 Å². The summed E-state index contributed by atoms with van der Waals surface area (Å²) in [6.45, 7) is 0. The quantitative estimate of drug-likeness (QED) is 0.654. The first-order valence-corrected chi connectivity index (χ1v) is 3.47. The van der Waals surface area contributed by atoms with Gasteiger partial charge in [0, 0.05) is 0 Å². The van der Waals surface area contributed by atoms with Crippen LogP contribution in [0.5, 0.6) is 0 Å². The monoisotopic (exact) mass is 206 g/mol. The van der Waals surface area contributed by atoms with Crippen LogP contribution in [0.4, 0.5) is 13.2 Å². The fourth-order valence-electron chi connectivity index (χ4n) is 0.703. The smallest absolute Gasteiger partial charge is 0.231 e. The fraction of sp³-hybridized carbons (Fsp3) is 0.143. The molecule has 0 fully saturated rings. The molecule has 0 unspecified atom stereocenters. The zero-order valence-electron chi connectivity index (χ0n) is 6.06. The van der Waals surface area contributed by atoms with E-state index in [9.17, 15) is 13.2 Å². The molecule has 1 heterocycles. The number of nitrogens with zero attached hydrogens (tertiary/aromatic N) is 2. The van der Waals surface area contributed by atoms with Crippen molar-refractivity contribution in [2.75, 3.05) is 0 Å². The van der Waals surface area contributed by atoms with E-state index < -0.39 is 16.9 Å². The van der Waals surface area contributed by atoms with Crippen molar-refractivity contribution in [1.82, 2.24) is 4.98 Å². The highest BCUT2D eigenvalue weighted by Crippen LogP contribution is 2.32. The summed E-state index contributed by atoms with van der Waals surface area (Å²) in [5, 5.41) is 7.79. The molecular weight excluding hydrogens is 205 g/mol. The van der Waals surface area contributed by atoms with Gasteiger partial charge in [-0.25, -0.2) is 4.98 Å². The molecule has 2 nitrogen and oxygen atoms in total. The Morgan fingerprint density at radius 2 is 2.00 bits per heavy atom. The van der Waals surface area contributed by atoms with E-state index in [-0.39, 0.29) is 5.69 Å². The average Bonchev–Trinajstić information content (AvgIpc) is 2.03. The van der Waals surface area contributed by atoms with Gasteiger partial charge in [-0.15, -0.1) is 0 Å². The highest BCUT2D eigenvalue weighted by atomic mass is 35.5. The third-order valence-electron chi connectivity index (χ3n) is 1.23. The molecule has 0 aliphatic carbocycles. The predicted octanol–water partition coefficient (Wildman–Crippen LogP) is 2.63. The Balaban J connectivity index is 3.29. The van der Waals surface area contributed by atoms with Gasteiger partial charge < -0.3 is 0 Å². The van der Waals surface area contributed by atoms with Gasteiger partial charge >= 0.3 is 6.18 Å². The molecule has 0 aliphatic heterocycles. The van der Waals surface area contributed by atoms with Crippen LogP contribution in [0.25, 0.3) is 0 Å². The van der Waals surface area contributed by atoms with Crippen LogP contribution in [-0.4, -0.2) is 4.98 Å². The van der Waals surface area contributed by atoms with Gasteiger partial charge in [0.05, 0.1) is 5.02 Å². The molecule has 0 atom stereocenters. The number of alkyl halides is 3. The molecule has 0 amide bonds. The van der Waals surface area contributed by atoms with Crippen molar-refractivity contribution < 1.29 is 13.2 Å². The Kier molecular flexibility index (Phi) is 2.43. The van der Waals surface area contributed by atoms with Gasteiger partial charge in [-0.3, -0.25) is 0 Å². The standard InChI is InChI=1S/C7H2ClF3N2/c8-5-2-1-4(3-12)13-6(5)7(9,10)11/h1-2H. The molecule has 0 aliphatic rings. The van der Waals surface area contributed by atoms with E-state index in [0.717, 1.165) is 12.1 Å². The third-order valence-corrected chi connectivity index (χ3v) is 1.53. The molecule has 0 aromatic carbocycles. The van der Waals surface area contributed by atoms with Gasteiger partial charge in [0.15, 0.2) is 5.69 Å². The minimum absolute atomic E-state index is 0.309. The van der Waals surface area contributed by atoms with Gasteiger partial charge in [-0.2, -0.15) is 18.4 Å². The summed E-state index contributed by atoms with van der Waals surface area (Å²) in [6.07, 6.45) is -4.62. The van der Waals surface area contributed by atoms with Crippen molar-refractivity contribution in [3.05, 3.63) is 28.5 Å². The minimum Gasteiger partial charge on any atom is -0.231 e. The van der Waals surface area contributed by atoms with Crippen LogP contribution in [0.2, 0.25) is 5.02 Å². The number of nitriles is 1. The van der Waals surface area contributed by atoms with Gasteiger partial charge in [-0.1, -0.05) is 11.6 Å². The van der Waals surface area contributed by atoms with Crippen LogP contribution in [-0.2, 0) is 6.18 Å². The van der Waals surface area contributed by atoms with Crippen molar-refractivity contribution in [3.8, 4) is 6.07 Å². The lowest BCUT2D eigenvalue weighted by molar-refractivity contribution is -0.141. The molecule has 1 aromatic heterocycles. The zero-order valence-corrected chi connectivity index (χ0v) is 6.82. The highest BCUT2D eigenvalue weighted by Gasteiger charge is 2.35. The highest BCUT2D eigenvalue weighted by molar-refractivity contribution is 6.31. The number of halogens is 4. The lowest BCUT2D eigenvalue weighted by Crippen LogP contribution is -2.09. The number of hydrogen-bond acceptors (Lipinski definition) is 2. The fourth-order valence-corrected chi connectivity index (χ4v) is 0.916. The summed E-state index contributed by atoms with van der Waals surface area (Å²) < 4.78 is 36.3. The minimum atomic E-state index is -4.62. The molecular formula is C7H2ClF3N2. The number of hydrogen-bond donors (Lipinski definition) is 0. The number of aromatic nitrogens is 1. The van der Waals surface area contributed by atoms with E-state index in [2.05, 4.69) is 4.98 Å². The Hall–Kier alpha value is -1.28. The summed E-state index contributed by atoms with van der Waals surface area (Å²) >= 11 is 5.25. The summed E-state index contributed by atoms with van der Waals surface area (Å²) in [5.41, 5.74) is -1.54. The Morgan fingerprint density at radius 1 is 1.38 bits per heavy atom. The van der Waals surface area contributed by atoms with Gasteiger partial charge in [0.1, 0.15) is 11.8 Å². The molecule has 0 spiro atoms. The van der Waals surface area contributed by atoms with Crippen LogP contribution >= 0.6 is 11.6 Å². The Morgan fingerprint density at radius 3 is 2.46 bits per heavy atom. The van der Waals surface area contributed by atoms with Crippen molar-refractivity contribution in [2.24, 2.45) is 0 Å². The first kappa shape index (κ1) is 9.81.